The first kappa shape index (κ1) is 14.9. The van der Waals surface area contributed by atoms with Crippen molar-refractivity contribution in [3.63, 3.8) is 0 Å². The lowest BCUT2D eigenvalue weighted by atomic mass is 10.3. The quantitative estimate of drug-likeness (QED) is 0.787. The molecule has 0 aromatic carbocycles. The Hall–Kier alpha value is -2.67. The van der Waals surface area contributed by atoms with Crippen molar-refractivity contribution in [1.29, 1.82) is 0 Å². The third-order valence-electron chi connectivity index (χ3n) is 4.28. The van der Waals surface area contributed by atoms with Gasteiger partial charge in [-0.1, -0.05) is 0 Å². The highest BCUT2D eigenvalue weighted by Gasteiger charge is 2.18. The van der Waals surface area contributed by atoms with Crippen molar-refractivity contribution in [2.75, 3.05) is 43.4 Å². The lowest BCUT2D eigenvalue weighted by molar-refractivity contribution is 0.311. The van der Waals surface area contributed by atoms with Gasteiger partial charge in [-0.05, 0) is 25.2 Å². The molecule has 7 heteroatoms. The third kappa shape index (κ3) is 3.03. The number of piperazine rings is 1. The number of rotatable bonds is 4. The molecule has 1 saturated heterocycles. The molecule has 1 aliphatic heterocycles. The minimum Gasteiger partial charge on any atom is -0.467 e. The van der Waals surface area contributed by atoms with Crippen LogP contribution in [0.1, 0.15) is 5.76 Å². The molecule has 0 amide bonds. The van der Waals surface area contributed by atoms with E-state index in [1.54, 1.807) is 18.7 Å². The van der Waals surface area contributed by atoms with E-state index in [1.165, 1.54) is 0 Å². The predicted octanol–water partition coefficient (Wildman–Crippen LogP) is 1.98. The predicted molar refractivity (Wildman–Crippen MR) is 93.1 cm³/mol. The molecule has 0 radical (unpaired) electrons. The zero-order valence-corrected chi connectivity index (χ0v) is 13.6. The molecule has 1 N–H and O–H groups in total. The Morgan fingerprint density at radius 3 is 2.83 bits per heavy atom. The zero-order valence-electron chi connectivity index (χ0n) is 13.6. The summed E-state index contributed by atoms with van der Waals surface area (Å²) in [5, 5.41) is 4.34. The first-order chi connectivity index (χ1) is 11.8. The molecule has 7 nitrogen and oxygen atoms in total. The summed E-state index contributed by atoms with van der Waals surface area (Å²) in [5.74, 6) is 2.44. The van der Waals surface area contributed by atoms with Gasteiger partial charge in [-0.15, -0.1) is 0 Å². The Kier molecular flexibility index (Phi) is 4.00. The highest BCUT2D eigenvalue weighted by atomic mass is 16.3. The van der Waals surface area contributed by atoms with Gasteiger partial charge in [0.25, 0.3) is 0 Å². The maximum Gasteiger partial charge on any atom is 0.228 e. The molecule has 0 unspecified atom stereocenters. The van der Waals surface area contributed by atoms with Gasteiger partial charge in [0.05, 0.1) is 24.5 Å². The average Bonchev–Trinajstić information content (AvgIpc) is 3.13. The Balaban J connectivity index is 1.65. The summed E-state index contributed by atoms with van der Waals surface area (Å²) in [6, 6.07) is 5.77. The van der Waals surface area contributed by atoms with Crippen LogP contribution in [0.15, 0.2) is 41.3 Å². The Morgan fingerprint density at radius 1 is 1.17 bits per heavy atom. The van der Waals surface area contributed by atoms with E-state index in [4.69, 9.17) is 14.4 Å². The van der Waals surface area contributed by atoms with E-state index in [0.29, 0.717) is 6.54 Å². The van der Waals surface area contributed by atoms with Crippen LogP contribution in [0.25, 0.3) is 10.9 Å². The molecule has 0 saturated carbocycles. The Bertz CT molecular complexity index is 811. The molecule has 4 heterocycles. The van der Waals surface area contributed by atoms with E-state index < -0.39 is 0 Å². The van der Waals surface area contributed by atoms with Crippen LogP contribution in [0, 0.1) is 0 Å². The average molecular weight is 324 g/mol. The fourth-order valence-electron chi connectivity index (χ4n) is 2.84. The van der Waals surface area contributed by atoms with Gasteiger partial charge >= 0.3 is 0 Å². The third-order valence-corrected chi connectivity index (χ3v) is 4.28. The van der Waals surface area contributed by atoms with E-state index in [1.807, 2.05) is 18.2 Å². The molecule has 3 aromatic rings. The summed E-state index contributed by atoms with van der Waals surface area (Å²) in [4.78, 5) is 18.2. The monoisotopic (exact) mass is 324 g/mol. The van der Waals surface area contributed by atoms with Gasteiger partial charge in [0, 0.05) is 37.8 Å². The van der Waals surface area contributed by atoms with Crippen LogP contribution in [0.4, 0.5) is 11.8 Å². The molecular formula is C17H20N6O. The Labute approximate surface area is 140 Å². The fraction of sp³-hybridized carbons (Fsp3) is 0.353. The van der Waals surface area contributed by atoms with Crippen LogP contribution in [-0.2, 0) is 6.54 Å². The first-order valence-electron chi connectivity index (χ1n) is 8.11. The summed E-state index contributed by atoms with van der Waals surface area (Å²) in [6.45, 7) is 4.48. The molecule has 124 valence electrons. The topological polar surface area (TPSA) is 70.3 Å². The zero-order chi connectivity index (χ0) is 16.4. The molecule has 24 heavy (non-hydrogen) atoms. The summed E-state index contributed by atoms with van der Waals surface area (Å²) in [7, 11) is 2.14. The number of likely N-dealkylation sites (N-methyl/N-ethyl adjacent to an activating group) is 1. The smallest absolute Gasteiger partial charge is 0.228 e. The fourth-order valence-corrected chi connectivity index (χ4v) is 2.84. The van der Waals surface area contributed by atoms with Crippen molar-refractivity contribution < 1.29 is 4.42 Å². The second-order valence-corrected chi connectivity index (χ2v) is 5.99. The number of aromatic nitrogens is 3. The normalized spacial score (nSPS) is 15.8. The van der Waals surface area contributed by atoms with Gasteiger partial charge in [-0.2, -0.15) is 4.98 Å². The largest absolute Gasteiger partial charge is 0.467 e. The lowest BCUT2D eigenvalue weighted by Gasteiger charge is -2.32. The molecule has 1 aliphatic rings. The van der Waals surface area contributed by atoms with E-state index in [0.717, 1.165) is 54.6 Å². The summed E-state index contributed by atoms with van der Waals surface area (Å²) >= 11 is 0. The number of nitrogens with zero attached hydrogens (tertiary/aromatic N) is 5. The van der Waals surface area contributed by atoms with Gasteiger partial charge in [-0.3, -0.25) is 4.98 Å². The van der Waals surface area contributed by atoms with Gasteiger partial charge in [-0.25, -0.2) is 4.98 Å². The van der Waals surface area contributed by atoms with E-state index >= 15 is 0 Å². The minimum absolute atomic E-state index is 0.587. The number of pyridine rings is 1. The van der Waals surface area contributed by atoms with E-state index in [-0.39, 0.29) is 0 Å². The standard InChI is InChI=1S/C17H20N6O/c1-22-6-8-23(9-7-22)17-20-15-12-18-5-4-14(15)16(21-17)19-11-13-3-2-10-24-13/h2-5,10,12H,6-9,11H2,1H3,(H,19,20,21). The molecule has 0 aliphatic carbocycles. The van der Waals surface area contributed by atoms with Gasteiger partial charge in [0.1, 0.15) is 11.6 Å². The van der Waals surface area contributed by atoms with Crippen LogP contribution >= 0.6 is 0 Å². The second kappa shape index (κ2) is 6.45. The van der Waals surface area contributed by atoms with Crippen molar-refractivity contribution in [1.82, 2.24) is 19.9 Å². The van der Waals surface area contributed by atoms with Crippen LogP contribution < -0.4 is 10.2 Å². The molecule has 0 bridgehead atoms. The van der Waals surface area contributed by atoms with Crippen LogP contribution in [0.3, 0.4) is 0 Å². The van der Waals surface area contributed by atoms with Gasteiger partial charge in [0.2, 0.25) is 5.95 Å². The van der Waals surface area contributed by atoms with Crippen LogP contribution in [0.5, 0.6) is 0 Å². The minimum atomic E-state index is 0.587. The molecular weight excluding hydrogens is 304 g/mol. The maximum absolute atomic E-state index is 5.39. The summed E-state index contributed by atoms with van der Waals surface area (Å²) < 4.78 is 5.39. The molecule has 0 atom stereocenters. The number of nitrogens with one attached hydrogen (secondary N) is 1. The van der Waals surface area contributed by atoms with Crippen molar-refractivity contribution in [3.8, 4) is 0 Å². The van der Waals surface area contributed by atoms with Crippen molar-refractivity contribution in [2.45, 2.75) is 6.54 Å². The molecule has 4 rings (SSSR count). The number of hydrogen-bond donors (Lipinski definition) is 1. The van der Waals surface area contributed by atoms with Gasteiger partial charge in [0.15, 0.2) is 0 Å². The first-order valence-corrected chi connectivity index (χ1v) is 8.11. The van der Waals surface area contributed by atoms with Crippen molar-refractivity contribution in [3.05, 3.63) is 42.6 Å². The summed E-state index contributed by atoms with van der Waals surface area (Å²) in [6.07, 6.45) is 5.22. The van der Waals surface area contributed by atoms with Crippen LogP contribution in [0.2, 0.25) is 0 Å². The van der Waals surface area contributed by atoms with Crippen LogP contribution in [-0.4, -0.2) is 53.1 Å². The molecule has 1 fully saturated rings. The second-order valence-electron chi connectivity index (χ2n) is 5.99. The number of hydrogen-bond acceptors (Lipinski definition) is 7. The highest BCUT2D eigenvalue weighted by Crippen LogP contribution is 2.24. The van der Waals surface area contributed by atoms with E-state index in [9.17, 15) is 0 Å². The number of anilines is 2. The summed E-state index contributed by atoms with van der Waals surface area (Å²) in [5.41, 5.74) is 0.850. The van der Waals surface area contributed by atoms with E-state index in [2.05, 4.69) is 27.1 Å². The number of furan rings is 1. The number of fused-ring (bicyclic) bond motifs is 1. The lowest BCUT2D eigenvalue weighted by Crippen LogP contribution is -2.45. The molecule has 3 aromatic heterocycles. The molecule has 0 spiro atoms. The van der Waals surface area contributed by atoms with Crippen molar-refractivity contribution >= 4 is 22.7 Å². The van der Waals surface area contributed by atoms with Gasteiger partial charge < -0.3 is 19.5 Å². The Morgan fingerprint density at radius 2 is 2.04 bits per heavy atom. The van der Waals surface area contributed by atoms with Crippen molar-refractivity contribution in [2.24, 2.45) is 0 Å². The highest BCUT2D eigenvalue weighted by molar-refractivity contribution is 5.89. The SMILES string of the molecule is CN1CCN(c2nc(NCc3ccco3)c3ccncc3n2)CC1. The maximum atomic E-state index is 5.39.